The molecule has 0 aliphatic carbocycles. The number of rotatable bonds is 1. The molecule has 3 aromatic heterocycles. The Balaban J connectivity index is 2.02. The van der Waals surface area contributed by atoms with E-state index in [0.29, 0.717) is 5.65 Å². The van der Waals surface area contributed by atoms with Gasteiger partial charge in [-0.15, -0.1) is 15.3 Å². The van der Waals surface area contributed by atoms with Crippen LogP contribution in [0.1, 0.15) is 5.56 Å². The van der Waals surface area contributed by atoms with Gasteiger partial charge in [0.1, 0.15) is 0 Å². The third-order valence-electron chi connectivity index (χ3n) is 4.10. The van der Waals surface area contributed by atoms with Crippen molar-refractivity contribution in [2.75, 3.05) is 0 Å². The number of benzene rings is 2. The number of hydrogen-bond donors (Lipinski definition) is 1. The van der Waals surface area contributed by atoms with E-state index in [0.717, 1.165) is 33.1 Å². The quantitative estimate of drug-likeness (QED) is 0.483. The molecule has 0 bridgehead atoms. The van der Waals surface area contributed by atoms with Crippen LogP contribution in [0.25, 0.3) is 38.8 Å². The summed E-state index contributed by atoms with van der Waals surface area (Å²) in [4.78, 5) is 3.32. The average molecular weight is 300 g/mol. The molecule has 6 heteroatoms. The number of nitrogens with one attached hydrogen (secondary N) is 1. The summed E-state index contributed by atoms with van der Waals surface area (Å²) in [6.45, 7) is 2.07. The van der Waals surface area contributed by atoms with Gasteiger partial charge in [-0.3, -0.25) is 0 Å². The van der Waals surface area contributed by atoms with Crippen LogP contribution in [0.4, 0.5) is 0 Å². The first-order valence-corrected chi connectivity index (χ1v) is 7.37. The molecule has 5 rings (SSSR count). The van der Waals surface area contributed by atoms with Crippen LogP contribution in [0.5, 0.6) is 0 Å². The van der Waals surface area contributed by atoms with Gasteiger partial charge < -0.3 is 4.98 Å². The van der Waals surface area contributed by atoms with Crippen molar-refractivity contribution in [1.82, 2.24) is 30.2 Å². The smallest absolute Gasteiger partial charge is 0.211 e. The number of aromatic amines is 1. The van der Waals surface area contributed by atoms with Gasteiger partial charge in [0.05, 0.1) is 16.6 Å². The Hall–Kier alpha value is -3.28. The molecule has 110 valence electrons. The summed E-state index contributed by atoms with van der Waals surface area (Å²) in [5.41, 5.74) is 5.41. The van der Waals surface area contributed by atoms with Crippen molar-refractivity contribution in [3.8, 4) is 5.69 Å². The summed E-state index contributed by atoms with van der Waals surface area (Å²) < 4.78 is 1.86. The van der Waals surface area contributed by atoms with Gasteiger partial charge in [-0.2, -0.15) is 0 Å². The van der Waals surface area contributed by atoms with Crippen molar-refractivity contribution in [2.45, 2.75) is 6.92 Å². The molecular weight excluding hydrogens is 288 g/mol. The number of aryl methyl sites for hydroxylation is 1. The van der Waals surface area contributed by atoms with Gasteiger partial charge >= 0.3 is 0 Å². The van der Waals surface area contributed by atoms with E-state index in [4.69, 9.17) is 0 Å². The van der Waals surface area contributed by atoms with E-state index in [1.165, 1.54) is 5.56 Å². The van der Waals surface area contributed by atoms with Crippen LogP contribution in [0.15, 0.2) is 48.5 Å². The van der Waals surface area contributed by atoms with Crippen LogP contribution in [0, 0.1) is 6.92 Å². The lowest BCUT2D eigenvalue weighted by Gasteiger charge is -2.11. The van der Waals surface area contributed by atoms with Crippen molar-refractivity contribution in [2.24, 2.45) is 0 Å². The molecule has 2 aromatic carbocycles. The van der Waals surface area contributed by atoms with Gasteiger partial charge in [-0.05, 0) is 25.1 Å². The maximum absolute atomic E-state index is 4.36. The number of fused-ring (bicyclic) bond motifs is 2. The molecule has 0 radical (unpaired) electrons. The molecular formula is C17H12N6. The number of pyridine rings is 1. The Bertz CT molecular complexity index is 1170. The second-order valence-corrected chi connectivity index (χ2v) is 5.60. The summed E-state index contributed by atoms with van der Waals surface area (Å²) in [7, 11) is 0. The molecule has 6 nitrogen and oxygen atoms in total. The third kappa shape index (κ3) is 1.69. The summed E-state index contributed by atoms with van der Waals surface area (Å²) in [6, 6.07) is 16.3. The van der Waals surface area contributed by atoms with Gasteiger partial charge in [0.25, 0.3) is 0 Å². The first kappa shape index (κ1) is 12.3. The Kier molecular flexibility index (Phi) is 2.33. The standard InChI is InChI=1S/C17H12N6/c1-10-6-8-11(9-7-10)23-15-12-4-2-3-5-13(12)18-16-14(15)17(20-19-16)21-22-23/h2-9H,1H3,(H,18,19,20). The molecule has 23 heavy (non-hydrogen) atoms. The fourth-order valence-corrected chi connectivity index (χ4v) is 2.96. The van der Waals surface area contributed by atoms with Crippen LogP contribution < -0.4 is 0 Å². The maximum atomic E-state index is 4.36. The molecule has 0 unspecified atom stereocenters. The van der Waals surface area contributed by atoms with Crippen molar-refractivity contribution in [3.63, 3.8) is 0 Å². The lowest BCUT2D eigenvalue weighted by atomic mass is 10.1. The Morgan fingerprint density at radius 3 is 2.61 bits per heavy atom. The predicted octanol–water partition coefficient (Wildman–Crippen LogP) is 3.15. The van der Waals surface area contributed by atoms with Gasteiger partial charge in [0.15, 0.2) is 5.65 Å². The fraction of sp³-hybridized carbons (Fsp3) is 0.0588. The van der Waals surface area contributed by atoms with Gasteiger partial charge in [-0.25, -0.2) is 4.68 Å². The minimum absolute atomic E-state index is 0.556. The minimum Gasteiger partial charge on any atom is -0.337 e. The summed E-state index contributed by atoms with van der Waals surface area (Å²) in [5.74, 6) is 0. The Morgan fingerprint density at radius 1 is 0.913 bits per heavy atom. The monoisotopic (exact) mass is 300 g/mol. The van der Waals surface area contributed by atoms with Crippen LogP contribution >= 0.6 is 0 Å². The molecule has 0 spiro atoms. The minimum atomic E-state index is 0.556. The summed E-state index contributed by atoms with van der Waals surface area (Å²) in [5, 5.41) is 18.9. The maximum Gasteiger partial charge on any atom is 0.211 e. The van der Waals surface area contributed by atoms with E-state index >= 15 is 0 Å². The van der Waals surface area contributed by atoms with E-state index in [-0.39, 0.29) is 0 Å². The van der Waals surface area contributed by atoms with Gasteiger partial charge in [-0.1, -0.05) is 41.1 Å². The van der Waals surface area contributed by atoms with Crippen LogP contribution in [-0.2, 0) is 0 Å². The fourth-order valence-electron chi connectivity index (χ4n) is 2.96. The largest absolute Gasteiger partial charge is 0.337 e. The van der Waals surface area contributed by atoms with E-state index in [1.54, 1.807) is 0 Å². The van der Waals surface area contributed by atoms with Crippen molar-refractivity contribution >= 4 is 33.1 Å². The number of aromatic nitrogens is 6. The van der Waals surface area contributed by atoms with Crippen molar-refractivity contribution < 1.29 is 0 Å². The topological polar surface area (TPSA) is 72.3 Å². The van der Waals surface area contributed by atoms with E-state index in [9.17, 15) is 0 Å². The lowest BCUT2D eigenvalue weighted by molar-refractivity contribution is 0.785. The molecule has 1 N–H and O–H groups in total. The van der Waals surface area contributed by atoms with Crippen LogP contribution in [0.3, 0.4) is 0 Å². The molecule has 0 atom stereocenters. The highest BCUT2D eigenvalue weighted by Gasteiger charge is 2.16. The normalized spacial score (nSPS) is 11.7. The van der Waals surface area contributed by atoms with Crippen molar-refractivity contribution in [1.29, 1.82) is 0 Å². The SMILES string of the molecule is Cc1ccc(-n2nnc3nnc4[nH]c5ccccc5c2c34)cc1. The first-order valence-electron chi connectivity index (χ1n) is 7.37. The predicted molar refractivity (Wildman–Crippen MR) is 88.6 cm³/mol. The Morgan fingerprint density at radius 2 is 1.74 bits per heavy atom. The molecule has 0 amide bonds. The molecule has 0 saturated carbocycles. The van der Waals surface area contributed by atoms with Crippen LogP contribution in [0.2, 0.25) is 0 Å². The van der Waals surface area contributed by atoms with E-state index in [1.807, 2.05) is 35.0 Å². The summed E-state index contributed by atoms with van der Waals surface area (Å²) in [6.07, 6.45) is 0. The highest BCUT2D eigenvalue weighted by molar-refractivity contribution is 6.14. The highest BCUT2D eigenvalue weighted by atomic mass is 15.4. The van der Waals surface area contributed by atoms with E-state index < -0.39 is 0 Å². The molecule has 0 saturated heterocycles. The molecule has 3 heterocycles. The lowest BCUT2D eigenvalue weighted by Crippen LogP contribution is -2.06. The second-order valence-electron chi connectivity index (χ2n) is 5.60. The zero-order valence-electron chi connectivity index (χ0n) is 12.4. The van der Waals surface area contributed by atoms with Crippen LogP contribution in [-0.4, -0.2) is 30.2 Å². The zero-order chi connectivity index (χ0) is 15.4. The second kappa shape index (κ2) is 4.36. The molecule has 0 aliphatic heterocycles. The zero-order valence-corrected chi connectivity index (χ0v) is 12.4. The van der Waals surface area contributed by atoms with E-state index in [2.05, 4.69) is 50.6 Å². The average Bonchev–Trinajstić information content (AvgIpc) is 3.00. The highest BCUT2D eigenvalue weighted by Crippen LogP contribution is 2.29. The summed E-state index contributed by atoms with van der Waals surface area (Å²) >= 11 is 0. The number of nitrogens with zero attached hydrogens (tertiary/aromatic N) is 5. The first-order chi connectivity index (χ1) is 11.3. The van der Waals surface area contributed by atoms with Gasteiger partial charge in [0.2, 0.25) is 5.65 Å². The molecule has 0 aliphatic rings. The number of H-pyrrole nitrogens is 1. The van der Waals surface area contributed by atoms with Gasteiger partial charge in [0, 0.05) is 10.9 Å². The Labute approximate surface area is 130 Å². The third-order valence-corrected chi connectivity index (χ3v) is 4.10. The molecule has 0 fully saturated rings. The van der Waals surface area contributed by atoms with Crippen molar-refractivity contribution in [3.05, 3.63) is 54.1 Å². The molecule has 5 aromatic rings. The number of hydrogen-bond acceptors (Lipinski definition) is 4. The number of para-hydroxylation sites is 1.